The Morgan fingerprint density at radius 3 is 2.00 bits per heavy atom. The molecule has 0 saturated heterocycles. The molecule has 0 unspecified atom stereocenters. The third-order valence-electron chi connectivity index (χ3n) is 4.21. The van der Waals surface area contributed by atoms with E-state index in [-0.39, 0.29) is 5.91 Å². The van der Waals surface area contributed by atoms with E-state index < -0.39 is 11.7 Å². The van der Waals surface area contributed by atoms with Crippen LogP contribution in [0.5, 0.6) is 0 Å². The largest absolute Gasteiger partial charge is 0.352 e. The van der Waals surface area contributed by atoms with Gasteiger partial charge in [-0.05, 0) is 25.7 Å². The second-order valence-electron chi connectivity index (χ2n) is 6.20. The predicted octanol–water partition coefficient (Wildman–Crippen LogP) is 3.18. The van der Waals surface area contributed by atoms with Crippen molar-refractivity contribution in [1.82, 2.24) is 10.6 Å². The molecule has 0 heterocycles. The molecule has 0 radical (unpaired) electrons. The van der Waals surface area contributed by atoms with E-state index in [4.69, 9.17) is 5.73 Å². The number of hydrogen-bond donors (Lipinski definition) is 3. The highest BCUT2D eigenvalue weighted by atomic mass is 16.2. The maximum absolute atomic E-state index is 11.9. The molecule has 1 fully saturated rings. The van der Waals surface area contributed by atoms with E-state index in [1.54, 1.807) is 0 Å². The van der Waals surface area contributed by atoms with Crippen molar-refractivity contribution in [3.8, 4) is 0 Å². The molecule has 1 aliphatic carbocycles. The quantitative estimate of drug-likeness (QED) is 0.404. The van der Waals surface area contributed by atoms with Gasteiger partial charge in [0.15, 0.2) is 0 Å². The summed E-state index contributed by atoms with van der Waals surface area (Å²) in [4.78, 5) is 22.9. The summed E-state index contributed by atoms with van der Waals surface area (Å²) < 4.78 is 0. The summed E-state index contributed by atoms with van der Waals surface area (Å²) in [6.07, 6.45) is 12.9. The standard InChI is InChI=1S/C16H31N3O2/c1-2-3-4-5-6-7-8-9-11-14(20)18-16(12-10-13-16)19-15(17)21/h2-13H2,1H3,(H,18,20)(H3,17,19,21). The summed E-state index contributed by atoms with van der Waals surface area (Å²) in [5.74, 6) is 0.0226. The molecule has 0 bridgehead atoms. The summed E-state index contributed by atoms with van der Waals surface area (Å²) in [7, 11) is 0. The summed E-state index contributed by atoms with van der Waals surface area (Å²) in [5, 5.41) is 5.59. The van der Waals surface area contributed by atoms with Crippen molar-refractivity contribution in [3.05, 3.63) is 0 Å². The van der Waals surface area contributed by atoms with Gasteiger partial charge in [-0.3, -0.25) is 4.79 Å². The van der Waals surface area contributed by atoms with Crippen molar-refractivity contribution in [3.63, 3.8) is 0 Å². The summed E-state index contributed by atoms with van der Waals surface area (Å²) in [6.45, 7) is 2.22. The average molecular weight is 297 g/mol. The predicted molar refractivity (Wildman–Crippen MR) is 84.7 cm³/mol. The second kappa shape index (κ2) is 9.64. The van der Waals surface area contributed by atoms with Crippen LogP contribution in [0.25, 0.3) is 0 Å². The van der Waals surface area contributed by atoms with Gasteiger partial charge in [0.05, 0.1) is 0 Å². The lowest BCUT2D eigenvalue weighted by Gasteiger charge is -2.42. The van der Waals surface area contributed by atoms with Crippen molar-refractivity contribution in [2.75, 3.05) is 0 Å². The van der Waals surface area contributed by atoms with Crippen LogP contribution in [0, 0.1) is 0 Å². The molecule has 1 aliphatic rings. The smallest absolute Gasteiger partial charge is 0.313 e. The van der Waals surface area contributed by atoms with E-state index in [2.05, 4.69) is 17.6 Å². The highest BCUT2D eigenvalue weighted by Gasteiger charge is 2.39. The van der Waals surface area contributed by atoms with Crippen LogP contribution >= 0.6 is 0 Å². The highest BCUT2D eigenvalue weighted by Crippen LogP contribution is 2.29. The number of hydrogen-bond acceptors (Lipinski definition) is 2. The minimum Gasteiger partial charge on any atom is -0.352 e. The first-order valence-corrected chi connectivity index (χ1v) is 8.46. The highest BCUT2D eigenvalue weighted by molar-refractivity contribution is 5.79. The summed E-state index contributed by atoms with van der Waals surface area (Å²) in [6, 6.07) is -0.568. The first-order valence-electron chi connectivity index (χ1n) is 8.46. The van der Waals surface area contributed by atoms with E-state index in [1.165, 1.54) is 38.5 Å². The maximum Gasteiger partial charge on any atom is 0.313 e. The van der Waals surface area contributed by atoms with Gasteiger partial charge in [0, 0.05) is 6.42 Å². The van der Waals surface area contributed by atoms with Crippen LogP contribution in [-0.4, -0.2) is 17.6 Å². The van der Waals surface area contributed by atoms with E-state index >= 15 is 0 Å². The lowest BCUT2D eigenvalue weighted by atomic mass is 9.84. The van der Waals surface area contributed by atoms with Crippen LogP contribution < -0.4 is 16.4 Å². The van der Waals surface area contributed by atoms with Crippen LogP contribution in [0.1, 0.15) is 84.0 Å². The number of carbonyl (C=O) groups excluding carboxylic acids is 2. The molecule has 0 aromatic carbocycles. The maximum atomic E-state index is 11.9. The van der Waals surface area contributed by atoms with Gasteiger partial charge in [-0.2, -0.15) is 0 Å². The average Bonchev–Trinajstić information content (AvgIpc) is 2.38. The number of amides is 3. The zero-order valence-electron chi connectivity index (χ0n) is 13.4. The first kappa shape index (κ1) is 17.8. The lowest BCUT2D eigenvalue weighted by molar-refractivity contribution is -0.124. The fourth-order valence-electron chi connectivity index (χ4n) is 2.80. The fourth-order valence-corrected chi connectivity index (χ4v) is 2.80. The lowest BCUT2D eigenvalue weighted by Crippen LogP contribution is -2.65. The van der Waals surface area contributed by atoms with Gasteiger partial charge in [-0.15, -0.1) is 0 Å². The molecule has 122 valence electrons. The van der Waals surface area contributed by atoms with Gasteiger partial charge in [0.25, 0.3) is 0 Å². The third-order valence-corrected chi connectivity index (χ3v) is 4.21. The normalized spacial score (nSPS) is 16.0. The molecule has 5 heteroatoms. The minimum atomic E-state index is -0.568. The number of primary amides is 1. The Balaban J connectivity index is 2.04. The van der Waals surface area contributed by atoms with E-state index in [0.717, 1.165) is 32.1 Å². The number of rotatable bonds is 11. The summed E-state index contributed by atoms with van der Waals surface area (Å²) >= 11 is 0. The molecular formula is C16H31N3O2. The van der Waals surface area contributed by atoms with Crippen LogP contribution in [-0.2, 0) is 4.79 Å². The Morgan fingerprint density at radius 2 is 1.52 bits per heavy atom. The Hall–Kier alpha value is -1.26. The van der Waals surface area contributed by atoms with Gasteiger partial charge in [-0.25, -0.2) is 4.79 Å². The fraction of sp³-hybridized carbons (Fsp3) is 0.875. The molecule has 21 heavy (non-hydrogen) atoms. The molecule has 0 aromatic heterocycles. The second-order valence-corrected chi connectivity index (χ2v) is 6.20. The number of nitrogens with two attached hydrogens (primary N) is 1. The SMILES string of the molecule is CCCCCCCCCCC(=O)NC1(NC(N)=O)CCC1. The molecule has 5 nitrogen and oxygen atoms in total. The van der Waals surface area contributed by atoms with Gasteiger partial charge in [0.2, 0.25) is 5.91 Å². The Labute approximate surface area is 128 Å². The topological polar surface area (TPSA) is 84.2 Å². The number of unbranched alkanes of at least 4 members (excludes halogenated alkanes) is 7. The minimum absolute atomic E-state index is 0.0226. The number of urea groups is 1. The Bertz CT molecular complexity index is 327. The van der Waals surface area contributed by atoms with Crippen LogP contribution in [0.2, 0.25) is 0 Å². The van der Waals surface area contributed by atoms with Crippen molar-refractivity contribution >= 4 is 11.9 Å². The van der Waals surface area contributed by atoms with Crippen molar-refractivity contribution in [1.29, 1.82) is 0 Å². The Morgan fingerprint density at radius 1 is 0.952 bits per heavy atom. The van der Waals surface area contributed by atoms with Crippen molar-refractivity contribution < 1.29 is 9.59 Å². The Kier molecular flexibility index (Phi) is 8.16. The summed E-state index contributed by atoms with van der Waals surface area (Å²) in [5.41, 5.74) is 4.59. The number of carbonyl (C=O) groups is 2. The molecule has 3 amide bonds. The van der Waals surface area contributed by atoms with Crippen molar-refractivity contribution in [2.45, 2.75) is 89.6 Å². The van der Waals surface area contributed by atoms with Gasteiger partial charge in [0.1, 0.15) is 5.66 Å². The molecular weight excluding hydrogens is 266 g/mol. The zero-order valence-corrected chi connectivity index (χ0v) is 13.4. The van der Waals surface area contributed by atoms with E-state index in [9.17, 15) is 9.59 Å². The zero-order chi connectivity index (χ0) is 15.6. The first-order chi connectivity index (χ1) is 10.1. The van der Waals surface area contributed by atoms with E-state index in [0.29, 0.717) is 6.42 Å². The monoisotopic (exact) mass is 297 g/mol. The molecule has 1 saturated carbocycles. The van der Waals surface area contributed by atoms with Gasteiger partial charge < -0.3 is 16.4 Å². The molecule has 0 spiro atoms. The van der Waals surface area contributed by atoms with E-state index in [1.807, 2.05) is 0 Å². The molecule has 0 atom stereocenters. The molecule has 0 aliphatic heterocycles. The molecule has 0 aromatic rings. The van der Waals surface area contributed by atoms with Crippen molar-refractivity contribution in [2.24, 2.45) is 5.73 Å². The molecule has 4 N–H and O–H groups in total. The van der Waals surface area contributed by atoms with Crippen LogP contribution in [0.3, 0.4) is 0 Å². The van der Waals surface area contributed by atoms with Gasteiger partial charge in [-0.1, -0.05) is 51.9 Å². The van der Waals surface area contributed by atoms with Crippen LogP contribution in [0.4, 0.5) is 4.79 Å². The number of nitrogens with one attached hydrogen (secondary N) is 2. The van der Waals surface area contributed by atoms with Gasteiger partial charge >= 0.3 is 6.03 Å². The third kappa shape index (κ3) is 7.34. The molecule has 1 rings (SSSR count). The van der Waals surface area contributed by atoms with Crippen LogP contribution in [0.15, 0.2) is 0 Å².